The molecule has 0 fully saturated rings. The molecule has 0 aliphatic heterocycles. The first-order valence-electron chi connectivity index (χ1n) is 6.73. The van der Waals surface area contributed by atoms with Gasteiger partial charge in [-0.2, -0.15) is 0 Å². The Kier molecular flexibility index (Phi) is 5.55. The third kappa shape index (κ3) is 4.19. The number of carbonyl (C=O) groups excluding carboxylic acids is 1. The number of amides is 1. The van der Waals surface area contributed by atoms with Crippen LogP contribution in [-0.2, 0) is 10.0 Å². The van der Waals surface area contributed by atoms with Crippen LogP contribution in [0.15, 0.2) is 23.1 Å². The predicted octanol–water partition coefficient (Wildman–Crippen LogP) is 0.446. The second-order valence-corrected chi connectivity index (χ2v) is 7.72. The number of nitrogens with one attached hydrogen (secondary N) is 1. The van der Waals surface area contributed by atoms with E-state index in [9.17, 15) is 13.2 Å². The third-order valence-electron chi connectivity index (χ3n) is 3.33. The number of hydrogen-bond donors (Lipinski definition) is 3. The smallest absolute Gasteiger partial charge is 0.252 e. The van der Waals surface area contributed by atoms with Crippen LogP contribution in [0.2, 0.25) is 0 Å². The Morgan fingerprint density at radius 2 is 1.95 bits per heavy atom. The molecule has 0 aromatic heterocycles. The van der Waals surface area contributed by atoms with Crippen LogP contribution in [0, 0.1) is 5.41 Å². The molecule has 124 valence electrons. The molecule has 0 spiro atoms. The van der Waals surface area contributed by atoms with Crippen LogP contribution >= 0.6 is 0 Å². The average Bonchev–Trinajstić information content (AvgIpc) is 2.42. The minimum Gasteiger partial charge on any atom is -0.496 e. The molecule has 22 heavy (non-hydrogen) atoms. The van der Waals surface area contributed by atoms with Gasteiger partial charge >= 0.3 is 0 Å². The van der Waals surface area contributed by atoms with Gasteiger partial charge in [0.2, 0.25) is 10.0 Å². The van der Waals surface area contributed by atoms with Gasteiger partial charge < -0.3 is 16.2 Å². The van der Waals surface area contributed by atoms with Crippen molar-refractivity contribution in [3.8, 4) is 5.75 Å². The number of ether oxygens (including phenoxy) is 1. The van der Waals surface area contributed by atoms with Gasteiger partial charge in [-0.05, 0) is 23.6 Å². The number of carbonyl (C=O) groups is 1. The quantitative estimate of drug-likeness (QED) is 0.698. The number of benzene rings is 1. The van der Waals surface area contributed by atoms with E-state index in [4.69, 9.17) is 16.2 Å². The molecule has 0 aliphatic rings. The molecule has 0 aliphatic carbocycles. The van der Waals surface area contributed by atoms with Gasteiger partial charge in [-0.15, -0.1) is 0 Å². The zero-order chi connectivity index (χ0) is 17.1. The highest BCUT2D eigenvalue weighted by Gasteiger charge is 2.29. The zero-order valence-electron chi connectivity index (χ0n) is 13.2. The number of nitrogens with two attached hydrogens (primary N) is 2. The highest BCUT2D eigenvalue weighted by Crippen LogP contribution is 2.24. The summed E-state index contributed by atoms with van der Waals surface area (Å²) in [6, 6.07) is 3.49. The van der Waals surface area contributed by atoms with Crippen molar-refractivity contribution >= 4 is 15.9 Å². The number of rotatable bonds is 6. The number of sulfonamides is 1. The van der Waals surface area contributed by atoms with Crippen molar-refractivity contribution in [2.45, 2.75) is 31.7 Å². The summed E-state index contributed by atoms with van der Waals surface area (Å²) in [5.74, 6) is -0.544. The highest BCUT2D eigenvalue weighted by atomic mass is 32.2. The second-order valence-electron chi connectivity index (χ2n) is 6.00. The Labute approximate surface area is 131 Å². The van der Waals surface area contributed by atoms with Gasteiger partial charge in [0.15, 0.2) is 0 Å². The fraction of sp³-hybridized carbons (Fsp3) is 0.500. The van der Waals surface area contributed by atoms with Gasteiger partial charge in [0, 0.05) is 12.6 Å². The van der Waals surface area contributed by atoms with E-state index in [1.54, 1.807) is 0 Å². The van der Waals surface area contributed by atoms with Crippen molar-refractivity contribution in [2.24, 2.45) is 16.9 Å². The number of hydrogen-bond acceptors (Lipinski definition) is 5. The van der Waals surface area contributed by atoms with Gasteiger partial charge in [0.1, 0.15) is 5.75 Å². The van der Waals surface area contributed by atoms with Crippen LogP contribution in [-0.4, -0.2) is 34.0 Å². The molecule has 0 radical (unpaired) electrons. The summed E-state index contributed by atoms with van der Waals surface area (Å²) < 4.78 is 32.5. The van der Waals surface area contributed by atoms with Crippen LogP contribution in [0.1, 0.15) is 31.1 Å². The molecule has 1 unspecified atom stereocenters. The van der Waals surface area contributed by atoms with E-state index in [-0.39, 0.29) is 28.2 Å². The van der Waals surface area contributed by atoms with Gasteiger partial charge in [0.25, 0.3) is 5.91 Å². The van der Waals surface area contributed by atoms with Crippen LogP contribution in [0.3, 0.4) is 0 Å². The molecule has 7 nitrogen and oxygen atoms in total. The van der Waals surface area contributed by atoms with Crippen molar-refractivity contribution in [3.63, 3.8) is 0 Å². The maximum absolute atomic E-state index is 12.5. The van der Waals surface area contributed by atoms with E-state index >= 15 is 0 Å². The maximum atomic E-state index is 12.5. The van der Waals surface area contributed by atoms with Crippen LogP contribution in [0.25, 0.3) is 0 Å². The van der Waals surface area contributed by atoms with Gasteiger partial charge in [-0.25, -0.2) is 13.1 Å². The van der Waals surface area contributed by atoms with Crippen molar-refractivity contribution in [2.75, 3.05) is 13.7 Å². The zero-order valence-corrected chi connectivity index (χ0v) is 14.0. The standard InChI is InChI=1S/C14H23N3O4S/c1-14(2,3)12(8-15)17-22(19,20)9-5-6-11(21-4)10(7-9)13(16)18/h5-7,12,17H,8,15H2,1-4H3,(H2,16,18). The summed E-state index contributed by atoms with van der Waals surface area (Å²) in [6.07, 6.45) is 0. The predicted molar refractivity (Wildman–Crippen MR) is 84.1 cm³/mol. The summed E-state index contributed by atoms with van der Waals surface area (Å²) in [4.78, 5) is 11.3. The van der Waals surface area contributed by atoms with E-state index in [0.717, 1.165) is 0 Å². The molecular formula is C14H23N3O4S. The lowest BCUT2D eigenvalue weighted by Gasteiger charge is -2.30. The molecule has 0 bridgehead atoms. The Bertz CT molecular complexity index is 651. The molecule has 1 aromatic rings. The summed E-state index contributed by atoms with van der Waals surface area (Å²) in [5, 5.41) is 0. The van der Waals surface area contributed by atoms with E-state index < -0.39 is 22.0 Å². The second kappa shape index (κ2) is 6.64. The molecular weight excluding hydrogens is 306 g/mol. The van der Waals surface area contributed by atoms with E-state index in [1.807, 2.05) is 20.8 Å². The van der Waals surface area contributed by atoms with Gasteiger partial charge in [-0.1, -0.05) is 20.8 Å². The molecule has 0 saturated heterocycles. The van der Waals surface area contributed by atoms with E-state index in [1.165, 1.54) is 25.3 Å². The third-order valence-corrected chi connectivity index (χ3v) is 4.79. The minimum atomic E-state index is -3.83. The lowest BCUT2D eigenvalue weighted by atomic mass is 9.88. The molecule has 1 atom stereocenters. The molecule has 8 heteroatoms. The highest BCUT2D eigenvalue weighted by molar-refractivity contribution is 7.89. The largest absolute Gasteiger partial charge is 0.496 e. The molecule has 1 rings (SSSR count). The first kappa shape index (κ1) is 18.4. The lowest BCUT2D eigenvalue weighted by molar-refractivity contribution is 0.0997. The molecule has 0 heterocycles. The molecule has 1 amide bonds. The van der Waals surface area contributed by atoms with Crippen molar-refractivity contribution in [1.82, 2.24) is 4.72 Å². The monoisotopic (exact) mass is 329 g/mol. The Morgan fingerprint density at radius 1 is 1.36 bits per heavy atom. The first-order valence-corrected chi connectivity index (χ1v) is 8.21. The normalized spacial score (nSPS) is 13.7. The van der Waals surface area contributed by atoms with E-state index in [2.05, 4.69) is 4.72 Å². The SMILES string of the molecule is COc1ccc(S(=O)(=O)NC(CN)C(C)(C)C)cc1C(N)=O. The Balaban J connectivity index is 3.24. The summed E-state index contributed by atoms with van der Waals surface area (Å²) >= 11 is 0. The Morgan fingerprint density at radius 3 is 2.36 bits per heavy atom. The van der Waals surface area contributed by atoms with Gasteiger partial charge in [-0.3, -0.25) is 4.79 Å². The van der Waals surface area contributed by atoms with Gasteiger partial charge in [0.05, 0.1) is 17.6 Å². The maximum Gasteiger partial charge on any atom is 0.252 e. The molecule has 0 saturated carbocycles. The summed E-state index contributed by atoms with van der Waals surface area (Å²) in [6.45, 7) is 5.81. The summed E-state index contributed by atoms with van der Waals surface area (Å²) in [5.41, 5.74) is 10.6. The molecule has 1 aromatic carbocycles. The number of methoxy groups -OCH3 is 1. The number of primary amides is 1. The van der Waals surface area contributed by atoms with Crippen LogP contribution in [0.5, 0.6) is 5.75 Å². The van der Waals surface area contributed by atoms with Crippen molar-refractivity contribution < 1.29 is 17.9 Å². The topological polar surface area (TPSA) is 125 Å². The Hall–Kier alpha value is -1.64. The average molecular weight is 329 g/mol. The van der Waals surface area contributed by atoms with E-state index in [0.29, 0.717) is 0 Å². The lowest BCUT2D eigenvalue weighted by Crippen LogP contribution is -2.48. The summed E-state index contributed by atoms with van der Waals surface area (Å²) in [7, 11) is -2.46. The van der Waals surface area contributed by atoms with Crippen LogP contribution in [0.4, 0.5) is 0 Å². The molecule has 5 N–H and O–H groups in total. The fourth-order valence-corrected chi connectivity index (χ4v) is 3.36. The minimum absolute atomic E-state index is 0.00503. The van der Waals surface area contributed by atoms with Crippen molar-refractivity contribution in [3.05, 3.63) is 23.8 Å². The first-order chi connectivity index (χ1) is 10.0. The fourth-order valence-electron chi connectivity index (χ4n) is 1.88. The van der Waals surface area contributed by atoms with Crippen molar-refractivity contribution in [1.29, 1.82) is 0 Å². The van der Waals surface area contributed by atoms with Crippen LogP contribution < -0.4 is 20.9 Å².